The van der Waals surface area contributed by atoms with Gasteiger partial charge in [0.15, 0.2) is 0 Å². The van der Waals surface area contributed by atoms with Gasteiger partial charge in [-0.1, -0.05) is 0 Å². The van der Waals surface area contributed by atoms with E-state index in [0.29, 0.717) is 12.1 Å². The van der Waals surface area contributed by atoms with Crippen molar-refractivity contribution in [3.63, 3.8) is 0 Å². The van der Waals surface area contributed by atoms with Gasteiger partial charge in [0, 0.05) is 0 Å². The Balaban J connectivity index is 2.46. The predicted octanol–water partition coefficient (Wildman–Crippen LogP) is 4.48. The summed E-state index contributed by atoms with van der Waals surface area (Å²) in [4.78, 5) is 23.0. The number of carboxylic acid groups (broad SMARTS) is 1. The summed E-state index contributed by atoms with van der Waals surface area (Å²) in [6.07, 6.45) is -9.87. The number of hydrogen-bond donors (Lipinski definition) is 1. The molecule has 1 radical (unpaired) electrons. The Kier molecular flexibility index (Phi) is 6.67. The van der Waals surface area contributed by atoms with Gasteiger partial charge in [-0.3, -0.25) is 0 Å². The molecule has 0 fully saturated rings. The Hall–Kier alpha value is -2.48. The van der Waals surface area contributed by atoms with Gasteiger partial charge in [0.1, 0.15) is 0 Å². The molecule has 0 heterocycles. The zero-order chi connectivity index (χ0) is 22.0. The van der Waals surface area contributed by atoms with Crippen LogP contribution >= 0.6 is 0 Å². The first-order valence-corrected chi connectivity index (χ1v) is 9.78. The van der Waals surface area contributed by atoms with Crippen molar-refractivity contribution in [1.82, 2.24) is 0 Å². The maximum absolute atomic E-state index is 12.9. The summed E-state index contributed by atoms with van der Waals surface area (Å²) < 4.78 is 82.7. The molecule has 0 bridgehead atoms. The SMILES string of the molecule is CCC(=O)[As]c1ccc(Oc2cc(C(F)(F)F)cc(C(F)(F)F)c2)cc1C(=O)O. The van der Waals surface area contributed by atoms with E-state index in [4.69, 9.17) is 4.74 Å². The Morgan fingerprint density at radius 2 is 1.48 bits per heavy atom. The molecular formula is C18H12AsF6O4. The number of carbonyl (C=O) groups is 2. The van der Waals surface area contributed by atoms with E-state index in [0.717, 1.165) is 6.07 Å². The third-order valence-electron chi connectivity index (χ3n) is 3.54. The molecule has 0 saturated heterocycles. The average molecular weight is 481 g/mol. The van der Waals surface area contributed by atoms with E-state index in [1.807, 2.05) is 0 Å². The van der Waals surface area contributed by atoms with Crippen molar-refractivity contribution in [3.8, 4) is 11.5 Å². The number of hydrogen-bond acceptors (Lipinski definition) is 3. The van der Waals surface area contributed by atoms with Gasteiger partial charge >= 0.3 is 167 Å². The Labute approximate surface area is 167 Å². The zero-order valence-corrected chi connectivity index (χ0v) is 16.4. The number of aromatic carboxylic acids is 1. The summed E-state index contributed by atoms with van der Waals surface area (Å²) in [5, 5.41) is 9.29. The molecule has 29 heavy (non-hydrogen) atoms. The van der Waals surface area contributed by atoms with Crippen LogP contribution in [0.15, 0.2) is 36.4 Å². The molecule has 11 heteroatoms. The van der Waals surface area contributed by atoms with Gasteiger partial charge in [0.05, 0.1) is 0 Å². The standard InChI is InChI=1S/C18H12AsF6O4/c1-2-15(26)19-14-4-3-11(8-13(14)16(27)28)29-12-6-9(17(20,21)22)5-10(7-12)18(23,24)25/h3-8H,2H2,1H3,(H,27,28). The van der Waals surface area contributed by atoms with Crippen molar-refractivity contribution >= 4 is 30.6 Å². The molecule has 0 aliphatic heterocycles. The van der Waals surface area contributed by atoms with E-state index in [1.165, 1.54) is 12.1 Å². The van der Waals surface area contributed by atoms with Crippen molar-refractivity contribution < 1.29 is 45.8 Å². The molecule has 0 aliphatic rings. The van der Waals surface area contributed by atoms with Crippen molar-refractivity contribution in [3.05, 3.63) is 53.1 Å². The minimum atomic E-state index is -5.04. The fourth-order valence-corrected chi connectivity index (χ4v) is 3.98. The molecule has 1 N–H and O–H groups in total. The van der Waals surface area contributed by atoms with E-state index in [1.54, 1.807) is 6.92 Å². The van der Waals surface area contributed by atoms with Crippen molar-refractivity contribution in [1.29, 1.82) is 0 Å². The van der Waals surface area contributed by atoms with Gasteiger partial charge in [-0.15, -0.1) is 0 Å². The maximum atomic E-state index is 12.9. The molecule has 0 spiro atoms. The molecule has 4 nitrogen and oxygen atoms in total. The van der Waals surface area contributed by atoms with Gasteiger partial charge in [-0.25, -0.2) is 0 Å². The van der Waals surface area contributed by atoms with Crippen molar-refractivity contribution in [2.24, 2.45) is 0 Å². The minimum absolute atomic E-state index is 0.0429. The van der Waals surface area contributed by atoms with Crippen LogP contribution in [0, 0.1) is 0 Å². The van der Waals surface area contributed by atoms with E-state index < -0.39 is 51.0 Å². The summed E-state index contributed by atoms with van der Waals surface area (Å²) in [6.45, 7) is 1.61. The number of carbonyl (C=O) groups excluding carboxylic acids is 1. The molecule has 0 saturated carbocycles. The van der Waals surface area contributed by atoms with Crippen LogP contribution in [0.4, 0.5) is 26.3 Å². The molecule has 155 valence electrons. The van der Waals surface area contributed by atoms with Crippen LogP contribution in [-0.2, 0) is 17.1 Å². The van der Waals surface area contributed by atoms with Gasteiger partial charge in [0.2, 0.25) is 0 Å². The Morgan fingerprint density at radius 3 is 1.93 bits per heavy atom. The van der Waals surface area contributed by atoms with Crippen LogP contribution in [0.3, 0.4) is 0 Å². The topological polar surface area (TPSA) is 63.6 Å². The normalized spacial score (nSPS) is 12.4. The van der Waals surface area contributed by atoms with Gasteiger partial charge < -0.3 is 0 Å². The fraction of sp³-hybridized carbons (Fsp3) is 0.222. The monoisotopic (exact) mass is 481 g/mol. The first-order valence-electron chi connectivity index (χ1n) is 7.90. The number of halogens is 6. The summed E-state index contributed by atoms with van der Waals surface area (Å²) in [7, 11) is 0. The molecule has 0 aliphatic carbocycles. The quantitative estimate of drug-likeness (QED) is 0.489. The molecule has 0 unspecified atom stereocenters. The molecule has 2 aromatic carbocycles. The second kappa shape index (κ2) is 8.49. The molecule has 0 amide bonds. The summed E-state index contributed by atoms with van der Waals surface area (Å²) in [5.74, 6) is -2.43. The first-order chi connectivity index (χ1) is 13.3. The Morgan fingerprint density at radius 1 is 0.931 bits per heavy atom. The van der Waals surface area contributed by atoms with Crippen LogP contribution in [0.2, 0.25) is 0 Å². The summed E-state index contributed by atoms with van der Waals surface area (Å²) >= 11 is -1.12. The summed E-state index contributed by atoms with van der Waals surface area (Å²) in [5.41, 5.74) is -3.42. The van der Waals surface area contributed by atoms with Crippen molar-refractivity contribution in [2.45, 2.75) is 25.7 Å². The van der Waals surface area contributed by atoms with E-state index in [-0.39, 0.29) is 32.7 Å². The third kappa shape index (κ3) is 6.00. The van der Waals surface area contributed by atoms with Crippen LogP contribution < -0.4 is 9.09 Å². The van der Waals surface area contributed by atoms with Crippen LogP contribution in [-0.4, -0.2) is 31.4 Å². The number of carboxylic acids is 1. The fourth-order valence-electron chi connectivity index (χ4n) is 2.18. The molecule has 2 aromatic rings. The van der Waals surface area contributed by atoms with Crippen LogP contribution in [0.5, 0.6) is 11.5 Å². The average Bonchev–Trinajstić information content (AvgIpc) is 2.61. The number of benzene rings is 2. The summed E-state index contributed by atoms with van der Waals surface area (Å²) in [6, 6.07) is 4.15. The van der Waals surface area contributed by atoms with E-state index in [9.17, 15) is 41.0 Å². The Bertz CT molecular complexity index is 905. The van der Waals surface area contributed by atoms with Crippen molar-refractivity contribution in [2.75, 3.05) is 0 Å². The zero-order valence-electron chi connectivity index (χ0n) is 14.6. The van der Waals surface area contributed by atoms with E-state index in [2.05, 4.69) is 0 Å². The van der Waals surface area contributed by atoms with Crippen LogP contribution in [0.25, 0.3) is 0 Å². The number of alkyl halides is 6. The second-order valence-corrected chi connectivity index (χ2v) is 8.21. The molecular weight excluding hydrogens is 469 g/mol. The molecule has 0 aromatic heterocycles. The van der Waals surface area contributed by atoms with Gasteiger partial charge in [-0.2, -0.15) is 0 Å². The predicted molar refractivity (Wildman–Crippen MR) is 90.6 cm³/mol. The van der Waals surface area contributed by atoms with Gasteiger partial charge in [-0.05, 0) is 0 Å². The second-order valence-electron chi connectivity index (χ2n) is 5.69. The van der Waals surface area contributed by atoms with E-state index >= 15 is 0 Å². The molecule has 0 atom stereocenters. The third-order valence-corrected chi connectivity index (χ3v) is 6.05. The number of rotatable bonds is 6. The molecule has 2 rings (SSSR count). The first kappa shape index (κ1) is 22.8. The van der Waals surface area contributed by atoms with Gasteiger partial charge in [0.25, 0.3) is 0 Å². The van der Waals surface area contributed by atoms with Crippen LogP contribution in [0.1, 0.15) is 34.8 Å². The number of ether oxygens (including phenoxy) is 1.